The summed E-state index contributed by atoms with van der Waals surface area (Å²) in [6, 6.07) is 9.23. The van der Waals surface area contributed by atoms with Crippen LogP contribution in [0.3, 0.4) is 0 Å². The summed E-state index contributed by atoms with van der Waals surface area (Å²) in [4.78, 5) is 25.9. The molecule has 184 valence electrons. The topological polar surface area (TPSA) is 116 Å². The number of hydrogen-bond donors (Lipinski definition) is 3. The molecule has 1 fully saturated rings. The van der Waals surface area contributed by atoms with Gasteiger partial charge in [0.25, 0.3) is 0 Å². The molecule has 0 spiro atoms. The molecular formula is C23H35N3O5S2. The van der Waals surface area contributed by atoms with E-state index in [0.29, 0.717) is 19.3 Å². The minimum absolute atomic E-state index is 0.0746. The fraction of sp³-hybridized carbons (Fsp3) is 0.565. The predicted molar refractivity (Wildman–Crippen MR) is 132 cm³/mol. The van der Waals surface area contributed by atoms with E-state index in [9.17, 15) is 23.2 Å². The van der Waals surface area contributed by atoms with Crippen LogP contribution in [0, 0.1) is 17.8 Å². The molecule has 1 aliphatic rings. The molecular weight excluding hydrogens is 462 g/mol. The van der Waals surface area contributed by atoms with Crippen LogP contribution in [-0.4, -0.2) is 53.7 Å². The molecule has 0 radical (unpaired) electrons. The zero-order valence-electron chi connectivity index (χ0n) is 19.4. The lowest BCUT2D eigenvalue weighted by molar-refractivity contribution is -0.142. The predicted octanol–water partition coefficient (Wildman–Crippen LogP) is 3.06. The molecule has 8 nitrogen and oxygen atoms in total. The van der Waals surface area contributed by atoms with Crippen molar-refractivity contribution < 1.29 is 23.2 Å². The number of hydroxylamine groups is 1. The quantitative estimate of drug-likeness (QED) is 0.320. The second-order valence-corrected chi connectivity index (χ2v) is 11.8. The molecule has 1 aliphatic heterocycles. The van der Waals surface area contributed by atoms with Crippen LogP contribution in [0.5, 0.6) is 0 Å². The number of rotatable bonds is 11. The van der Waals surface area contributed by atoms with Crippen molar-refractivity contribution in [3.05, 3.63) is 42.0 Å². The number of sulfonamides is 1. The maximum atomic E-state index is 13.4. The van der Waals surface area contributed by atoms with Gasteiger partial charge in [-0.1, -0.05) is 56.3 Å². The third-order valence-corrected chi connectivity index (χ3v) is 7.75. The van der Waals surface area contributed by atoms with Crippen LogP contribution < -0.4 is 10.9 Å². The Labute approximate surface area is 201 Å². The van der Waals surface area contributed by atoms with Gasteiger partial charge in [0, 0.05) is 6.04 Å². The number of allylic oxidation sites excluding steroid dienone is 1. The van der Waals surface area contributed by atoms with E-state index in [4.69, 9.17) is 0 Å². The van der Waals surface area contributed by atoms with Crippen molar-refractivity contribution in [1.82, 2.24) is 15.3 Å². The van der Waals surface area contributed by atoms with Gasteiger partial charge < -0.3 is 0 Å². The van der Waals surface area contributed by atoms with Crippen molar-refractivity contribution >= 4 is 39.7 Å². The van der Waals surface area contributed by atoms with Crippen LogP contribution in [0.25, 0.3) is 6.08 Å². The smallest absolute Gasteiger partial charge is 0.247 e. The molecule has 2 amide bonds. The lowest BCUT2D eigenvalue weighted by Crippen LogP contribution is -2.55. The fourth-order valence-corrected chi connectivity index (χ4v) is 6.06. The van der Waals surface area contributed by atoms with Crippen molar-refractivity contribution in [1.29, 1.82) is 0 Å². The highest BCUT2D eigenvalue weighted by Crippen LogP contribution is 2.27. The molecule has 0 bridgehead atoms. The summed E-state index contributed by atoms with van der Waals surface area (Å²) in [6.07, 6.45) is 6.59. The Morgan fingerprint density at radius 3 is 2.33 bits per heavy atom. The number of nitrogens with one attached hydrogen (secondary N) is 2. The van der Waals surface area contributed by atoms with Gasteiger partial charge in [0.2, 0.25) is 21.8 Å². The summed E-state index contributed by atoms with van der Waals surface area (Å²) in [6.45, 7) is 3.86. The minimum atomic E-state index is -3.70. The molecule has 0 saturated carbocycles. The molecule has 0 aromatic heterocycles. The Kier molecular flexibility index (Phi) is 10.9. The van der Waals surface area contributed by atoms with Gasteiger partial charge >= 0.3 is 0 Å². The summed E-state index contributed by atoms with van der Waals surface area (Å²) in [7, 11) is -3.70. The first-order chi connectivity index (χ1) is 15.6. The lowest BCUT2D eigenvalue weighted by Gasteiger charge is -2.34. The molecule has 3 N–H and O–H groups in total. The number of carbonyl (C=O) groups is 2. The number of nitrogens with zero attached hydrogens (tertiary/aromatic N) is 1. The Bertz CT molecular complexity index is 900. The minimum Gasteiger partial charge on any atom is -0.289 e. The third-order valence-electron chi connectivity index (χ3n) is 5.59. The normalized spacial score (nSPS) is 17.3. The van der Waals surface area contributed by atoms with E-state index in [0.717, 1.165) is 27.7 Å². The number of benzene rings is 1. The standard InChI is InChI=1S/C23H35N3O5S2/c1-17(2)16-21(20(23(28)25-29)11-7-10-18-8-5-4-6-9-18)22(27)24-26(33(3,30)31)19-12-14-32-15-13-19/h4-10,17,19-21,29H,11-16H2,1-3H3,(H,24,27)(H,25,28)/b10-7+/t20-,21+/m0/s1. The number of amides is 2. The van der Waals surface area contributed by atoms with E-state index in [1.807, 2.05) is 50.3 Å². The Hall–Kier alpha value is -1.88. The molecule has 10 heteroatoms. The summed E-state index contributed by atoms with van der Waals surface area (Å²) < 4.78 is 26.0. The third kappa shape index (κ3) is 8.77. The van der Waals surface area contributed by atoms with E-state index >= 15 is 0 Å². The van der Waals surface area contributed by atoms with E-state index in [1.165, 1.54) is 0 Å². The summed E-state index contributed by atoms with van der Waals surface area (Å²) in [5, 5.41) is 9.34. The molecule has 2 rings (SSSR count). The molecule has 0 aliphatic carbocycles. The zero-order chi connectivity index (χ0) is 24.4. The average Bonchev–Trinajstić information content (AvgIpc) is 2.78. The average molecular weight is 498 g/mol. The van der Waals surface area contributed by atoms with Crippen LogP contribution in [0.15, 0.2) is 36.4 Å². The van der Waals surface area contributed by atoms with Crippen molar-refractivity contribution in [2.75, 3.05) is 17.8 Å². The molecule has 0 unspecified atom stereocenters. The summed E-state index contributed by atoms with van der Waals surface area (Å²) in [5.74, 6) is -1.17. The highest BCUT2D eigenvalue weighted by molar-refractivity contribution is 7.99. The van der Waals surface area contributed by atoms with Gasteiger partial charge in [0.1, 0.15) is 0 Å². The summed E-state index contributed by atoms with van der Waals surface area (Å²) in [5.41, 5.74) is 5.24. The molecule has 1 aromatic rings. The second-order valence-electron chi connectivity index (χ2n) is 8.75. The highest BCUT2D eigenvalue weighted by Gasteiger charge is 2.37. The Balaban J connectivity index is 2.26. The first kappa shape index (κ1) is 27.4. The number of carbonyl (C=O) groups excluding carboxylic acids is 2. The summed E-state index contributed by atoms with van der Waals surface area (Å²) >= 11 is 1.76. The molecule has 1 saturated heterocycles. The van der Waals surface area contributed by atoms with Gasteiger partial charge in [0.15, 0.2) is 0 Å². The zero-order valence-corrected chi connectivity index (χ0v) is 21.1. The Morgan fingerprint density at radius 1 is 1.15 bits per heavy atom. The highest BCUT2D eigenvalue weighted by atomic mass is 32.2. The largest absolute Gasteiger partial charge is 0.289 e. The van der Waals surface area contributed by atoms with Crippen LogP contribution in [0.2, 0.25) is 0 Å². The van der Waals surface area contributed by atoms with Gasteiger partial charge in [-0.3, -0.25) is 20.2 Å². The number of hydrogen-bond acceptors (Lipinski definition) is 6. The molecule has 33 heavy (non-hydrogen) atoms. The SMILES string of the molecule is CC(C)C[C@@H](C(=O)NN(C1CCSCC1)S(C)(=O)=O)[C@H](C/C=C/c1ccccc1)C(=O)NO. The monoisotopic (exact) mass is 497 g/mol. The molecule has 1 heterocycles. The first-order valence-electron chi connectivity index (χ1n) is 11.2. The van der Waals surface area contributed by atoms with Crippen LogP contribution >= 0.6 is 11.8 Å². The van der Waals surface area contributed by atoms with Gasteiger partial charge in [-0.15, -0.1) is 4.41 Å². The second kappa shape index (κ2) is 13.1. The van der Waals surface area contributed by atoms with Crippen molar-refractivity contribution in [2.45, 2.75) is 45.6 Å². The Morgan fingerprint density at radius 2 is 1.79 bits per heavy atom. The van der Waals surface area contributed by atoms with Gasteiger partial charge in [-0.25, -0.2) is 13.9 Å². The van der Waals surface area contributed by atoms with Gasteiger partial charge in [0.05, 0.1) is 18.1 Å². The van der Waals surface area contributed by atoms with Crippen molar-refractivity contribution in [3.63, 3.8) is 0 Å². The number of thioether (sulfide) groups is 1. The lowest BCUT2D eigenvalue weighted by atomic mass is 9.82. The fourth-order valence-electron chi connectivity index (χ4n) is 3.97. The maximum Gasteiger partial charge on any atom is 0.247 e. The van der Waals surface area contributed by atoms with E-state index < -0.39 is 33.7 Å². The van der Waals surface area contributed by atoms with Crippen LogP contribution in [0.4, 0.5) is 0 Å². The van der Waals surface area contributed by atoms with Crippen LogP contribution in [0.1, 0.15) is 45.1 Å². The maximum absolute atomic E-state index is 13.4. The van der Waals surface area contributed by atoms with E-state index in [1.54, 1.807) is 23.3 Å². The van der Waals surface area contributed by atoms with Crippen molar-refractivity contribution in [2.24, 2.45) is 17.8 Å². The van der Waals surface area contributed by atoms with E-state index in [2.05, 4.69) is 5.43 Å². The van der Waals surface area contributed by atoms with E-state index in [-0.39, 0.29) is 18.4 Å². The first-order valence-corrected chi connectivity index (χ1v) is 14.2. The van der Waals surface area contributed by atoms with Crippen LogP contribution in [-0.2, 0) is 19.6 Å². The molecule has 2 atom stereocenters. The number of hydrazine groups is 1. The van der Waals surface area contributed by atoms with Crippen molar-refractivity contribution in [3.8, 4) is 0 Å². The van der Waals surface area contributed by atoms with Gasteiger partial charge in [-0.05, 0) is 48.7 Å². The van der Waals surface area contributed by atoms with Gasteiger partial charge in [-0.2, -0.15) is 11.8 Å². The molecule has 1 aromatic carbocycles.